The van der Waals surface area contributed by atoms with Crippen molar-refractivity contribution in [3.63, 3.8) is 0 Å². The second-order valence-electron chi connectivity index (χ2n) is 6.00. The lowest BCUT2D eigenvalue weighted by atomic mass is 9.95. The lowest BCUT2D eigenvalue weighted by Gasteiger charge is -2.27. The predicted molar refractivity (Wildman–Crippen MR) is 103 cm³/mol. The number of benzene rings is 2. The molecule has 2 aromatic carbocycles. The third-order valence-electron chi connectivity index (χ3n) is 3.88. The topological polar surface area (TPSA) is 62.1 Å². The van der Waals surface area contributed by atoms with Gasteiger partial charge in [0.2, 0.25) is 5.91 Å². The van der Waals surface area contributed by atoms with Gasteiger partial charge < -0.3 is 10.1 Å². The smallest absolute Gasteiger partial charge is 0.225 e. The van der Waals surface area contributed by atoms with Crippen molar-refractivity contribution in [3.8, 4) is 11.8 Å². The van der Waals surface area contributed by atoms with Crippen LogP contribution in [-0.2, 0) is 11.2 Å². The van der Waals surface area contributed by atoms with E-state index in [1.807, 2.05) is 13.0 Å². The summed E-state index contributed by atoms with van der Waals surface area (Å²) in [6, 6.07) is 16.2. The fourth-order valence-corrected chi connectivity index (χ4v) is 2.91. The Hall–Kier alpha value is -2.22. The fourth-order valence-electron chi connectivity index (χ4n) is 2.58. The van der Waals surface area contributed by atoms with Gasteiger partial charge in [-0.1, -0.05) is 54.7 Å². The summed E-state index contributed by atoms with van der Waals surface area (Å²) in [5, 5.41) is 13.7. The molecular formula is C20H20Cl2N2O2. The molecule has 0 heterocycles. The van der Waals surface area contributed by atoms with Gasteiger partial charge in [0.1, 0.15) is 12.4 Å². The van der Waals surface area contributed by atoms with E-state index in [1.54, 1.807) is 42.5 Å². The van der Waals surface area contributed by atoms with E-state index in [4.69, 9.17) is 27.9 Å². The molecule has 0 aromatic heterocycles. The summed E-state index contributed by atoms with van der Waals surface area (Å²) in [4.78, 5) is 12.5. The predicted octanol–water partition coefficient (Wildman–Crippen LogP) is 4.79. The number of rotatable bonds is 8. The second kappa shape index (κ2) is 9.47. The Labute approximate surface area is 163 Å². The van der Waals surface area contributed by atoms with Gasteiger partial charge in [-0.3, -0.25) is 4.79 Å². The summed E-state index contributed by atoms with van der Waals surface area (Å²) >= 11 is 12.0. The molecule has 136 valence electrons. The van der Waals surface area contributed by atoms with Gasteiger partial charge in [0.25, 0.3) is 0 Å². The van der Waals surface area contributed by atoms with Crippen LogP contribution in [0.3, 0.4) is 0 Å². The van der Waals surface area contributed by atoms with Crippen molar-refractivity contribution < 1.29 is 9.53 Å². The summed E-state index contributed by atoms with van der Waals surface area (Å²) in [7, 11) is 0. The third kappa shape index (κ3) is 5.66. The molecule has 0 spiro atoms. The molecule has 0 radical (unpaired) electrons. The zero-order valence-electron chi connectivity index (χ0n) is 14.5. The van der Waals surface area contributed by atoms with Crippen molar-refractivity contribution in [2.24, 2.45) is 0 Å². The minimum Gasteiger partial charge on any atom is -0.490 e. The van der Waals surface area contributed by atoms with Gasteiger partial charge in [0.05, 0.1) is 12.5 Å². The molecule has 1 N–H and O–H groups in total. The quantitative estimate of drug-likeness (QED) is 0.704. The lowest BCUT2D eigenvalue weighted by Crippen LogP contribution is -2.52. The number of hydrogen-bond acceptors (Lipinski definition) is 3. The minimum absolute atomic E-state index is 0.0488. The summed E-state index contributed by atoms with van der Waals surface area (Å²) in [6.07, 6.45) is 1.31. The van der Waals surface area contributed by atoms with Crippen LogP contribution in [0.15, 0.2) is 48.5 Å². The average molecular weight is 391 g/mol. The monoisotopic (exact) mass is 390 g/mol. The van der Waals surface area contributed by atoms with E-state index in [1.165, 1.54) is 0 Å². The van der Waals surface area contributed by atoms with Crippen LogP contribution < -0.4 is 10.1 Å². The first-order chi connectivity index (χ1) is 12.5. The van der Waals surface area contributed by atoms with Crippen LogP contribution in [-0.4, -0.2) is 18.1 Å². The van der Waals surface area contributed by atoms with Crippen molar-refractivity contribution >= 4 is 29.1 Å². The molecule has 26 heavy (non-hydrogen) atoms. The standard InChI is InChI=1S/C20H20Cl2N2O2/c1-2-11-20(13-23,14-26-17-9-7-16(21)8-10-17)24-19(25)12-15-5-3-4-6-18(15)22/h3-10H,2,11-12,14H2,1H3,(H,24,25). The van der Waals surface area contributed by atoms with Gasteiger partial charge in [-0.25, -0.2) is 0 Å². The molecule has 0 aliphatic heterocycles. The van der Waals surface area contributed by atoms with Crippen molar-refractivity contribution in [1.82, 2.24) is 5.32 Å². The van der Waals surface area contributed by atoms with Crippen LogP contribution in [0.1, 0.15) is 25.3 Å². The van der Waals surface area contributed by atoms with E-state index in [9.17, 15) is 10.1 Å². The van der Waals surface area contributed by atoms with Gasteiger partial charge in [0, 0.05) is 10.0 Å². The summed E-state index contributed by atoms with van der Waals surface area (Å²) < 4.78 is 5.72. The number of hydrogen-bond donors (Lipinski definition) is 1. The molecule has 6 heteroatoms. The van der Waals surface area contributed by atoms with Crippen LogP contribution in [0.4, 0.5) is 0 Å². The minimum atomic E-state index is -1.10. The molecule has 1 unspecified atom stereocenters. The van der Waals surface area contributed by atoms with Gasteiger partial charge in [-0.15, -0.1) is 0 Å². The first-order valence-electron chi connectivity index (χ1n) is 8.32. The highest BCUT2D eigenvalue weighted by molar-refractivity contribution is 6.31. The average Bonchev–Trinajstić information content (AvgIpc) is 2.63. The first kappa shape index (κ1) is 20.1. The number of nitriles is 1. The highest BCUT2D eigenvalue weighted by Gasteiger charge is 2.32. The van der Waals surface area contributed by atoms with Crippen molar-refractivity contribution in [2.45, 2.75) is 31.7 Å². The summed E-state index contributed by atoms with van der Waals surface area (Å²) in [5.74, 6) is 0.318. The van der Waals surface area contributed by atoms with Crippen LogP contribution in [0, 0.1) is 11.3 Å². The van der Waals surface area contributed by atoms with Crippen molar-refractivity contribution in [1.29, 1.82) is 5.26 Å². The van der Waals surface area contributed by atoms with E-state index in [2.05, 4.69) is 11.4 Å². The maximum Gasteiger partial charge on any atom is 0.225 e. The zero-order chi connectivity index (χ0) is 19.0. The Morgan fingerprint density at radius 3 is 2.50 bits per heavy atom. The van der Waals surface area contributed by atoms with Gasteiger partial charge in [0.15, 0.2) is 5.54 Å². The van der Waals surface area contributed by atoms with E-state index < -0.39 is 5.54 Å². The van der Waals surface area contributed by atoms with Crippen LogP contribution in [0.5, 0.6) is 5.75 Å². The highest BCUT2D eigenvalue weighted by atomic mass is 35.5. The van der Waals surface area contributed by atoms with Gasteiger partial charge in [-0.05, 0) is 42.3 Å². The lowest BCUT2D eigenvalue weighted by molar-refractivity contribution is -0.122. The van der Waals surface area contributed by atoms with E-state index in [-0.39, 0.29) is 18.9 Å². The first-order valence-corrected chi connectivity index (χ1v) is 9.07. The van der Waals surface area contributed by atoms with Crippen LogP contribution in [0.25, 0.3) is 0 Å². The number of nitrogens with one attached hydrogen (secondary N) is 1. The Balaban J connectivity index is 2.07. The molecule has 0 fully saturated rings. The molecule has 0 aliphatic rings. The highest BCUT2D eigenvalue weighted by Crippen LogP contribution is 2.20. The molecule has 4 nitrogen and oxygen atoms in total. The zero-order valence-corrected chi connectivity index (χ0v) is 16.0. The largest absolute Gasteiger partial charge is 0.490 e. The van der Waals surface area contributed by atoms with Crippen LogP contribution >= 0.6 is 23.2 Å². The van der Waals surface area contributed by atoms with Crippen LogP contribution in [0.2, 0.25) is 10.0 Å². The van der Waals surface area contributed by atoms with Crippen molar-refractivity contribution in [3.05, 3.63) is 64.1 Å². The van der Waals surface area contributed by atoms with Gasteiger partial charge >= 0.3 is 0 Å². The molecule has 2 aromatic rings. The molecule has 2 rings (SSSR count). The number of carbonyl (C=O) groups is 1. The van der Waals surface area contributed by atoms with Crippen molar-refractivity contribution in [2.75, 3.05) is 6.61 Å². The van der Waals surface area contributed by atoms with E-state index in [0.717, 1.165) is 6.42 Å². The Kier molecular flexibility index (Phi) is 7.32. The summed E-state index contributed by atoms with van der Waals surface area (Å²) in [5.41, 5.74) is -0.388. The number of halogens is 2. The molecule has 1 atom stereocenters. The third-order valence-corrected chi connectivity index (χ3v) is 4.50. The Morgan fingerprint density at radius 2 is 1.88 bits per heavy atom. The number of carbonyl (C=O) groups excluding carboxylic acids is 1. The normalized spacial score (nSPS) is 12.7. The molecule has 0 aliphatic carbocycles. The maximum atomic E-state index is 12.5. The number of ether oxygens (including phenoxy) is 1. The molecule has 0 saturated heterocycles. The van der Waals surface area contributed by atoms with Gasteiger partial charge in [-0.2, -0.15) is 5.26 Å². The molecule has 1 amide bonds. The molecule has 0 saturated carbocycles. The Morgan fingerprint density at radius 1 is 1.19 bits per heavy atom. The molecule has 0 bridgehead atoms. The van der Waals surface area contributed by atoms with E-state index >= 15 is 0 Å². The van der Waals surface area contributed by atoms with E-state index in [0.29, 0.717) is 27.8 Å². The fraction of sp³-hybridized carbons (Fsp3) is 0.300. The maximum absolute atomic E-state index is 12.5. The second-order valence-corrected chi connectivity index (χ2v) is 6.85. The number of amides is 1. The SMILES string of the molecule is CCCC(C#N)(COc1ccc(Cl)cc1)NC(=O)Cc1ccccc1Cl. The molecular weight excluding hydrogens is 371 g/mol. The Bertz CT molecular complexity index is 787. The summed E-state index contributed by atoms with van der Waals surface area (Å²) in [6.45, 7) is 2.00. The number of nitrogens with zero attached hydrogens (tertiary/aromatic N) is 1.